The van der Waals surface area contributed by atoms with E-state index in [1.54, 1.807) is 41.4 Å². The lowest BCUT2D eigenvalue weighted by Crippen LogP contribution is -2.37. The van der Waals surface area contributed by atoms with Crippen molar-refractivity contribution in [3.63, 3.8) is 0 Å². The number of rotatable bonds is 6. The topological polar surface area (TPSA) is 88.1 Å². The standard InChI is InChI=1S/C19H19ClN4O3/c1-2-8-23(18(26)12-24-9-4-3-5-17(24)25)11-16-21-15-10-13(20)6-7-14(15)19(27)22-16/h3-7,9-10H,2,8,11-12H2,1H3,(H,21,22,27). The number of carbonyl (C=O) groups excluding carboxylic acids is 1. The number of benzene rings is 1. The normalized spacial score (nSPS) is 10.9. The zero-order valence-corrected chi connectivity index (χ0v) is 15.6. The molecule has 0 spiro atoms. The monoisotopic (exact) mass is 386 g/mol. The summed E-state index contributed by atoms with van der Waals surface area (Å²) in [4.78, 5) is 45.5. The number of halogens is 1. The number of nitrogens with one attached hydrogen (secondary N) is 1. The van der Waals surface area contributed by atoms with Crippen LogP contribution in [0.25, 0.3) is 10.9 Å². The molecule has 3 aromatic rings. The molecular formula is C19H19ClN4O3. The fourth-order valence-corrected chi connectivity index (χ4v) is 2.98. The Morgan fingerprint density at radius 1 is 1.26 bits per heavy atom. The Labute approximate surface area is 160 Å². The highest BCUT2D eigenvalue weighted by Gasteiger charge is 2.16. The SMILES string of the molecule is CCCN(Cc1nc2cc(Cl)ccc2c(=O)[nH]1)C(=O)Cn1ccccc1=O. The van der Waals surface area contributed by atoms with Gasteiger partial charge in [-0.25, -0.2) is 4.98 Å². The fraction of sp³-hybridized carbons (Fsp3) is 0.263. The summed E-state index contributed by atoms with van der Waals surface area (Å²) in [5.41, 5.74) is -0.0477. The molecule has 0 aliphatic rings. The van der Waals surface area contributed by atoms with Gasteiger partial charge in [0.1, 0.15) is 12.4 Å². The Bertz CT molecular complexity index is 1090. The minimum absolute atomic E-state index is 0.0662. The van der Waals surface area contributed by atoms with Crippen molar-refractivity contribution in [2.45, 2.75) is 26.4 Å². The summed E-state index contributed by atoms with van der Waals surface area (Å²) in [5.74, 6) is 0.149. The molecule has 1 N–H and O–H groups in total. The zero-order chi connectivity index (χ0) is 19.4. The van der Waals surface area contributed by atoms with Crippen LogP contribution >= 0.6 is 11.6 Å². The Morgan fingerprint density at radius 2 is 2.07 bits per heavy atom. The van der Waals surface area contributed by atoms with Gasteiger partial charge in [0.2, 0.25) is 5.91 Å². The number of carbonyl (C=O) groups is 1. The average Bonchev–Trinajstić information content (AvgIpc) is 2.63. The number of aromatic nitrogens is 3. The number of nitrogens with zero attached hydrogens (tertiary/aromatic N) is 3. The Kier molecular flexibility index (Phi) is 5.71. The van der Waals surface area contributed by atoms with E-state index in [0.717, 1.165) is 6.42 Å². The maximum absolute atomic E-state index is 12.7. The lowest BCUT2D eigenvalue weighted by molar-refractivity contribution is -0.132. The van der Waals surface area contributed by atoms with Crippen molar-refractivity contribution in [1.82, 2.24) is 19.4 Å². The van der Waals surface area contributed by atoms with Gasteiger partial charge in [0, 0.05) is 23.8 Å². The molecular weight excluding hydrogens is 368 g/mol. The number of H-pyrrole nitrogens is 1. The first-order chi connectivity index (χ1) is 13.0. The third-order valence-electron chi connectivity index (χ3n) is 4.11. The number of hydrogen-bond acceptors (Lipinski definition) is 4. The molecule has 1 amide bonds. The third-order valence-corrected chi connectivity index (χ3v) is 4.34. The maximum atomic E-state index is 12.7. The van der Waals surface area contributed by atoms with E-state index in [4.69, 9.17) is 11.6 Å². The van der Waals surface area contributed by atoms with Gasteiger partial charge in [-0.05, 0) is 30.7 Å². The minimum atomic E-state index is -0.283. The molecule has 27 heavy (non-hydrogen) atoms. The predicted molar refractivity (Wildman–Crippen MR) is 104 cm³/mol. The Hall–Kier alpha value is -2.93. The van der Waals surface area contributed by atoms with E-state index in [1.165, 1.54) is 10.6 Å². The van der Waals surface area contributed by atoms with Crippen molar-refractivity contribution in [3.05, 3.63) is 74.1 Å². The zero-order valence-electron chi connectivity index (χ0n) is 14.8. The molecule has 0 saturated heterocycles. The van der Waals surface area contributed by atoms with Crippen molar-refractivity contribution < 1.29 is 4.79 Å². The van der Waals surface area contributed by atoms with Crippen LogP contribution in [0.2, 0.25) is 5.02 Å². The van der Waals surface area contributed by atoms with Crippen molar-refractivity contribution in [2.75, 3.05) is 6.54 Å². The van der Waals surface area contributed by atoms with Gasteiger partial charge < -0.3 is 14.5 Å². The molecule has 0 unspecified atom stereocenters. The second-order valence-electron chi connectivity index (χ2n) is 6.16. The quantitative estimate of drug-likeness (QED) is 0.703. The van der Waals surface area contributed by atoms with Crippen molar-refractivity contribution >= 4 is 28.4 Å². The first-order valence-corrected chi connectivity index (χ1v) is 8.97. The molecule has 0 radical (unpaired) electrons. The van der Waals surface area contributed by atoms with E-state index in [1.807, 2.05) is 6.92 Å². The highest BCUT2D eigenvalue weighted by atomic mass is 35.5. The molecule has 0 fully saturated rings. The molecule has 3 rings (SSSR count). The van der Waals surface area contributed by atoms with Crippen LogP contribution < -0.4 is 11.1 Å². The second-order valence-corrected chi connectivity index (χ2v) is 6.59. The molecule has 2 heterocycles. The molecule has 0 saturated carbocycles. The molecule has 0 aliphatic heterocycles. The lowest BCUT2D eigenvalue weighted by atomic mass is 10.2. The summed E-state index contributed by atoms with van der Waals surface area (Å²) in [6, 6.07) is 9.59. The highest BCUT2D eigenvalue weighted by Crippen LogP contribution is 2.15. The first kappa shape index (κ1) is 18.8. The number of hydrogen-bond donors (Lipinski definition) is 1. The third kappa shape index (κ3) is 4.43. The lowest BCUT2D eigenvalue weighted by Gasteiger charge is -2.22. The highest BCUT2D eigenvalue weighted by molar-refractivity contribution is 6.31. The Morgan fingerprint density at radius 3 is 2.81 bits per heavy atom. The van der Waals surface area contributed by atoms with Crippen LogP contribution in [0.3, 0.4) is 0 Å². The fourth-order valence-electron chi connectivity index (χ4n) is 2.82. The molecule has 140 valence electrons. The van der Waals surface area contributed by atoms with E-state index in [2.05, 4.69) is 9.97 Å². The van der Waals surface area contributed by atoms with Crippen LogP contribution in [-0.4, -0.2) is 31.9 Å². The van der Waals surface area contributed by atoms with Gasteiger partial charge >= 0.3 is 0 Å². The smallest absolute Gasteiger partial charge is 0.258 e. The molecule has 0 atom stereocenters. The van der Waals surface area contributed by atoms with E-state index in [-0.39, 0.29) is 30.1 Å². The number of pyridine rings is 1. The molecule has 7 nitrogen and oxygen atoms in total. The van der Waals surface area contributed by atoms with Gasteiger partial charge in [0.25, 0.3) is 11.1 Å². The molecule has 0 bridgehead atoms. The number of aromatic amines is 1. The predicted octanol–water partition coefficient (Wildman–Crippen LogP) is 2.18. The molecule has 8 heteroatoms. The van der Waals surface area contributed by atoms with Crippen molar-refractivity contribution in [1.29, 1.82) is 0 Å². The van der Waals surface area contributed by atoms with Crippen LogP contribution in [-0.2, 0) is 17.9 Å². The van der Waals surface area contributed by atoms with Crippen molar-refractivity contribution in [2.24, 2.45) is 0 Å². The molecule has 2 aromatic heterocycles. The number of fused-ring (bicyclic) bond motifs is 1. The molecule has 1 aromatic carbocycles. The summed E-state index contributed by atoms with van der Waals surface area (Å²) in [5, 5.41) is 0.920. The van der Waals surface area contributed by atoms with Gasteiger partial charge in [-0.15, -0.1) is 0 Å². The first-order valence-electron chi connectivity index (χ1n) is 8.59. The second kappa shape index (κ2) is 8.18. The van der Waals surface area contributed by atoms with Crippen LogP contribution in [0.4, 0.5) is 0 Å². The Balaban J connectivity index is 1.86. The largest absolute Gasteiger partial charge is 0.334 e. The summed E-state index contributed by atoms with van der Waals surface area (Å²) in [6.45, 7) is 2.51. The van der Waals surface area contributed by atoms with Gasteiger partial charge in [-0.2, -0.15) is 0 Å². The van der Waals surface area contributed by atoms with Gasteiger partial charge in [0.05, 0.1) is 17.4 Å². The van der Waals surface area contributed by atoms with E-state index < -0.39 is 0 Å². The maximum Gasteiger partial charge on any atom is 0.258 e. The van der Waals surface area contributed by atoms with Crippen LogP contribution in [0.15, 0.2) is 52.2 Å². The summed E-state index contributed by atoms with van der Waals surface area (Å²) in [7, 11) is 0. The average molecular weight is 387 g/mol. The van der Waals surface area contributed by atoms with Crippen LogP contribution in [0.1, 0.15) is 19.2 Å². The summed E-state index contributed by atoms with van der Waals surface area (Å²) < 4.78 is 1.35. The minimum Gasteiger partial charge on any atom is -0.334 e. The van der Waals surface area contributed by atoms with Gasteiger partial charge in [-0.3, -0.25) is 14.4 Å². The summed E-state index contributed by atoms with van der Waals surface area (Å²) >= 11 is 5.99. The summed E-state index contributed by atoms with van der Waals surface area (Å²) in [6.07, 6.45) is 2.31. The molecule has 0 aliphatic carbocycles. The van der Waals surface area contributed by atoms with E-state index in [9.17, 15) is 14.4 Å². The number of amides is 1. The van der Waals surface area contributed by atoms with Crippen LogP contribution in [0, 0.1) is 0 Å². The van der Waals surface area contributed by atoms with Gasteiger partial charge in [0.15, 0.2) is 0 Å². The van der Waals surface area contributed by atoms with E-state index >= 15 is 0 Å². The van der Waals surface area contributed by atoms with E-state index in [0.29, 0.717) is 28.3 Å². The van der Waals surface area contributed by atoms with Crippen molar-refractivity contribution in [3.8, 4) is 0 Å². The van der Waals surface area contributed by atoms with Crippen LogP contribution in [0.5, 0.6) is 0 Å². The van der Waals surface area contributed by atoms with Gasteiger partial charge in [-0.1, -0.05) is 24.6 Å².